The largest absolute Gasteiger partial charge is 0.419 e. The number of rotatable bonds is 19. The van der Waals surface area contributed by atoms with Gasteiger partial charge in [0.2, 0.25) is 0 Å². The minimum Gasteiger partial charge on any atom is -0.419 e. The molecular weight excluding hydrogens is 350 g/mol. The van der Waals surface area contributed by atoms with Crippen molar-refractivity contribution in [3.8, 4) is 0 Å². The van der Waals surface area contributed by atoms with Gasteiger partial charge in [-0.25, -0.2) is 0 Å². The average Bonchev–Trinajstić information content (AvgIpc) is 2.67. The highest BCUT2D eigenvalue weighted by atomic mass is 28.2. The van der Waals surface area contributed by atoms with E-state index in [0.29, 0.717) is 6.04 Å². The van der Waals surface area contributed by atoms with Gasteiger partial charge in [-0.3, -0.25) is 0 Å². The lowest BCUT2D eigenvalue weighted by molar-refractivity contribution is 0.0843. The van der Waals surface area contributed by atoms with Crippen LogP contribution in [0, 0.1) is 0 Å². The summed E-state index contributed by atoms with van der Waals surface area (Å²) in [5.74, 6) is 0. The molecule has 0 aromatic carbocycles. The minimum atomic E-state index is -0.417. The van der Waals surface area contributed by atoms with Gasteiger partial charge in [0, 0.05) is 6.04 Å². The molecule has 0 heterocycles. The van der Waals surface area contributed by atoms with E-state index in [1.807, 2.05) is 0 Å². The van der Waals surface area contributed by atoms with Crippen LogP contribution in [0.4, 0.5) is 0 Å². The Labute approximate surface area is 173 Å². The summed E-state index contributed by atoms with van der Waals surface area (Å²) in [6, 6.07) is 1.92. The predicted octanol–water partition coefficient (Wildman–Crippen LogP) is 3.90. The lowest BCUT2D eigenvalue weighted by atomic mass is 10.0. The molecule has 0 spiro atoms. The smallest absolute Gasteiger partial charge is 0.163 e. The summed E-state index contributed by atoms with van der Waals surface area (Å²) < 4.78 is 6.32. The highest BCUT2D eigenvalue weighted by molar-refractivity contribution is 6.27. The van der Waals surface area contributed by atoms with Crippen LogP contribution in [0.3, 0.4) is 0 Å². The van der Waals surface area contributed by atoms with Crippen molar-refractivity contribution in [2.24, 2.45) is 0 Å². The molecule has 0 aliphatic rings. The molecule has 4 nitrogen and oxygen atoms in total. The quantitative estimate of drug-likeness (QED) is 0.262. The number of hydrogen-bond donors (Lipinski definition) is 1. The van der Waals surface area contributed by atoms with E-state index in [4.69, 9.17) is 4.43 Å². The van der Waals surface area contributed by atoms with Crippen molar-refractivity contribution in [3.63, 3.8) is 0 Å². The van der Waals surface area contributed by atoms with Crippen molar-refractivity contribution in [2.45, 2.75) is 97.8 Å². The summed E-state index contributed by atoms with van der Waals surface area (Å²) in [6.07, 6.45) is 7.25. The standard InChI is InChI=1S/C22H51N3OSi/c1-8-15-24(7)16-13-18-25(17-12-14-23-21(5)9-2)19-20-27-26-22(6,10-3)11-4/h21,23H,8-20,27H2,1-7H3. The van der Waals surface area contributed by atoms with E-state index < -0.39 is 9.76 Å². The van der Waals surface area contributed by atoms with Crippen LogP contribution in [0.25, 0.3) is 0 Å². The third-order valence-electron chi connectivity index (χ3n) is 5.94. The summed E-state index contributed by atoms with van der Waals surface area (Å²) in [4.78, 5) is 5.15. The highest BCUT2D eigenvalue weighted by Gasteiger charge is 2.19. The van der Waals surface area contributed by atoms with Gasteiger partial charge in [-0.2, -0.15) is 0 Å². The normalized spacial score (nSPS) is 14.1. The fraction of sp³-hybridized carbons (Fsp3) is 1.00. The van der Waals surface area contributed by atoms with Crippen molar-refractivity contribution in [3.05, 3.63) is 0 Å². The zero-order valence-corrected chi connectivity index (χ0v) is 21.2. The SMILES string of the molecule is CCCN(C)CCCN(CCCNC(C)CC)CC[SiH2]OC(C)(CC)CC. The van der Waals surface area contributed by atoms with E-state index in [1.165, 1.54) is 64.5 Å². The summed E-state index contributed by atoms with van der Waals surface area (Å²) >= 11 is 0. The molecule has 27 heavy (non-hydrogen) atoms. The van der Waals surface area contributed by atoms with Crippen LogP contribution in [-0.2, 0) is 4.43 Å². The molecule has 0 bridgehead atoms. The predicted molar refractivity (Wildman–Crippen MR) is 125 cm³/mol. The molecule has 0 saturated carbocycles. The van der Waals surface area contributed by atoms with Crippen LogP contribution in [-0.4, -0.2) is 77.5 Å². The van der Waals surface area contributed by atoms with E-state index in [1.54, 1.807) is 0 Å². The first-order valence-corrected chi connectivity index (χ1v) is 13.3. The first-order valence-electron chi connectivity index (χ1n) is 11.7. The van der Waals surface area contributed by atoms with Gasteiger partial charge in [0.05, 0.1) is 5.60 Å². The van der Waals surface area contributed by atoms with Gasteiger partial charge in [0.25, 0.3) is 0 Å². The van der Waals surface area contributed by atoms with E-state index in [2.05, 4.69) is 63.7 Å². The minimum absolute atomic E-state index is 0.125. The monoisotopic (exact) mass is 401 g/mol. The Morgan fingerprint density at radius 1 is 0.963 bits per heavy atom. The van der Waals surface area contributed by atoms with Crippen LogP contribution < -0.4 is 5.32 Å². The van der Waals surface area contributed by atoms with Crippen molar-refractivity contribution >= 4 is 9.76 Å². The molecule has 0 amide bonds. The summed E-state index contributed by atoms with van der Waals surface area (Å²) in [5, 5.41) is 3.63. The number of nitrogens with one attached hydrogen (secondary N) is 1. The zero-order chi connectivity index (χ0) is 20.5. The molecule has 0 aliphatic carbocycles. The van der Waals surface area contributed by atoms with Gasteiger partial charge in [-0.05, 0) is 105 Å². The highest BCUT2D eigenvalue weighted by Crippen LogP contribution is 2.18. The van der Waals surface area contributed by atoms with Crippen LogP contribution >= 0.6 is 0 Å². The van der Waals surface area contributed by atoms with Gasteiger partial charge < -0.3 is 19.5 Å². The molecule has 1 N–H and O–H groups in total. The summed E-state index contributed by atoms with van der Waals surface area (Å²) in [5.41, 5.74) is 0.125. The topological polar surface area (TPSA) is 27.7 Å². The van der Waals surface area contributed by atoms with E-state index in [-0.39, 0.29) is 5.60 Å². The van der Waals surface area contributed by atoms with Gasteiger partial charge >= 0.3 is 0 Å². The van der Waals surface area contributed by atoms with Crippen LogP contribution in [0.2, 0.25) is 6.04 Å². The molecular formula is C22H51N3OSi. The Bertz CT molecular complexity index is 327. The van der Waals surface area contributed by atoms with Crippen LogP contribution in [0.5, 0.6) is 0 Å². The second-order valence-electron chi connectivity index (χ2n) is 8.47. The van der Waals surface area contributed by atoms with Gasteiger partial charge in [-0.1, -0.05) is 27.7 Å². The molecule has 0 fully saturated rings. The van der Waals surface area contributed by atoms with Crippen molar-refractivity contribution in [1.82, 2.24) is 15.1 Å². The van der Waals surface area contributed by atoms with Crippen molar-refractivity contribution < 1.29 is 4.43 Å². The fourth-order valence-corrected chi connectivity index (χ4v) is 4.87. The molecule has 0 aromatic heterocycles. The molecule has 0 aromatic rings. The van der Waals surface area contributed by atoms with Gasteiger partial charge in [-0.15, -0.1) is 0 Å². The maximum Gasteiger partial charge on any atom is 0.163 e. The second-order valence-corrected chi connectivity index (χ2v) is 9.88. The number of nitrogens with zero attached hydrogens (tertiary/aromatic N) is 2. The third-order valence-corrected chi connectivity index (χ3v) is 7.45. The molecule has 5 heteroatoms. The first-order chi connectivity index (χ1) is 12.9. The van der Waals surface area contributed by atoms with Crippen LogP contribution in [0.1, 0.15) is 80.1 Å². The first kappa shape index (κ1) is 27.1. The Kier molecular flexibility index (Phi) is 17.0. The molecule has 0 aliphatic heterocycles. The fourth-order valence-electron chi connectivity index (χ4n) is 3.25. The third kappa shape index (κ3) is 14.7. The summed E-state index contributed by atoms with van der Waals surface area (Å²) in [7, 11) is 1.83. The Hall–Kier alpha value is 0.0569. The molecule has 1 atom stereocenters. The molecule has 0 saturated heterocycles. The second kappa shape index (κ2) is 17.0. The van der Waals surface area contributed by atoms with E-state index in [9.17, 15) is 0 Å². The molecule has 0 radical (unpaired) electrons. The van der Waals surface area contributed by atoms with Crippen molar-refractivity contribution in [2.75, 3.05) is 46.3 Å². The lowest BCUT2D eigenvalue weighted by Crippen LogP contribution is -2.34. The Balaban J connectivity index is 4.21. The zero-order valence-electron chi connectivity index (χ0n) is 19.8. The molecule has 164 valence electrons. The maximum atomic E-state index is 6.32. The van der Waals surface area contributed by atoms with Gasteiger partial charge in [0.1, 0.15) is 0 Å². The lowest BCUT2D eigenvalue weighted by Gasteiger charge is -2.29. The Morgan fingerprint density at radius 3 is 2.22 bits per heavy atom. The maximum absolute atomic E-state index is 6.32. The van der Waals surface area contributed by atoms with Crippen molar-refractivity contribution in [1.29, 1.82) is 0 Å². The van der Waals surface area contributed by atoms with E-state index >= 15 is 0 Å². The van der Waals surface area contributed by atoms with Crippen LogP contribution in [0.15, 0.2) is 0 Å². The summed E-state index contributed by atoms with van der Waals surface area (Å²) in [6.45, 7) is 20.8. The van der Waals surface area contributed by atoms with E-state index in [0.717, 1.165) is 19.4 Å². The molecule has 1 unspecified atom stereocenters. The Morgan fingerprint density at radius 2 is 1.63 bits per heavy atom. The van der Waals surface area contributed by atoms with Gasteiger partial charge in [0.15, 0.2) is 9.76 Å². The molecule has 0 rings (SSSR count). The average molecular weight is 402 g/mol. The number of hydrogen-bond acceptors (Lipinski definition) is 4.